The van der Waals surface area contributed by atoms with Crippen LogP contribution in [0.1, 0.15) is 21.5 Å². The summed E-state index contributed by atoms with van der Waals surface area (Å²) >= 11 is 0. The second kappa shape index (κ2) is 6.69. The number of hydrogen-bond acceptors (Lipinski definition) is 2. The Morgan fingerprint density at radius 2 is 2.10 bits per heavy atom. The van der Waals surface area contributed by atoms with E-state index in [1.165, 1.54) is 12.1 Å². The van der Waals surface area contributed by atoms with E-state index in [1.807, 2.05) is 0 Å². The molecule has 2 N–H and O–H groups in total. The highest BCUT2D eigenvalue weighted by Crippen LogP contribution is 2.13. The third-order valence-corrected chi connectivity index (χ3v) is 2.74. The van der Waals surface area contributed by atoms with Crippen molar-refractivity contribution in [1.29, 1.82) is 0 Å². The molecule has 2 rings (SSSR count). The molecule has 0 saturated carbocycles. The topological polar surface area (TPSA) is 49.3 Å². The van der Waals surface area contributed by atoms with E-state index in [4.69, 9.17) is 5.11 Å². The zero-order chi connectivity index (χ0) is 15.2. The van der Waals surface area contributed by atoms with Crippen LogP contribution in [0.15, 0.2) is 42.5 Å². The lowest BCUT2D eigenvalue weighted by molar-refractivity contribution is 0.102. The van der Waals surface area contributed by atoms with Crippen molar-refractivity contribution >= 4 is 11.6 Å². The number of rotatable bonds is 2. The molecule has 0 saturated heterocycles. The van der Waals surface area contributed by atoms with Crippen LogP contribution < -0.4 is 5.32 Å². The van der Waals surface area contributed by atoms with Gasteiger partial charge in [-0.15, -0.1) is 0 Å². The maximum absolute atomic E-state index is 13.3. The quantitative estimate of drug-likeness (QED) is 0.833. The van der Waals surface area contributed by atoms with Gasteiger partial charge in [-0.05, 0) is 48.9 Å². The molecule has 1 amide bonds. The maximum atomic E-state index is 13.3. The highest BCUT2D eigenvalue weighted by molar-refractivity contribution is 6.04. The van der Waals surface area contributed by atoms with E-state index in [2.05, 4.69) is 17.2 Å². The van der Waals surface area contributed by atoms with Crippen LogP contribution in [0.4, 0.5) is 10.1 Å². The predicted molar refractivity (Wildman–Crippen MR) is 79.5 cm³/mol. The van der Waals surface area contributed by atoms with Crippen molar-refractivity contribution < 1.29 is 14.3 Å². The van der Waals surface area contributed by atoms with E-state index in [-0.39, 0.29) is 18.1 Å². The van der Waals surface area contributed by atoms with Crippen LogP contribution in [0.2, 0.25) is 0 Å². The van der Waals surface area contributed by atoms with Crippen molar-refractivity contribution in [2.45, 2.75) is 6.92 Å². The van der Waals surface area contributed by atoms with Crippen LogP contribution in [-0.2, 0) is 0 Å². The second-order valence-corrected chi connectivity index (χ2v) is 4.51. The first-order valence-corrected chi connectivity index (χ1v) is 6.37. The Kier molecular flexibility index (Phi) is 4.70. The molecule has 2 aromatic rings. The van der Waals surface area contributed by atoms with E-state index in [0.717, 1.165) is 0 Å². The first kappa shape index (κ1) is 14.8. The van der Waals surface area contributed by atoms with Crippen LogP contribution in [0, 0.1) is 24.6 Å². The average molecular weight is 283 g/mol. The van der Waals surface area contributed by atoms with Crippen molar-refractivity contribution in [2.75, 3.05) is 11.9 Å². The summed E-state index contributed by atoms with van der Waals surface area (Å²) in [4.78, 5) is 12.1. The van der Waals surface area contributed by atoms with E-state index in [9.17, 15) is 9.18 Å². The number of benzene rings is 2. The molecule has 0 unspecified atom stereocenters. The number of carbonyl (C=O) groups is 1. The number of carbonyl (C=O) groups excluding carboxylic acids is 1. The van der Waals surface area contributed by atoms with E-state index in [0.29, 0.717) is 16.8 Å². The molecule has 0 aliphatic rings. The zero-order valence-electron chi connectivity index (χ0n) is 11.5. The van der Waals surface area contributed by atoms with Gasteiger partial charge in [-0.1, -0.05) is 17.9 Å². The highest BCUT2D eigenvalue weighted by atomic mass is 19.1. The molecular weight excluding hydrogens is 269 g/mol. The molecule has 0 heterocycles. The predicted octanol–water partition coefficient (Wildman–Crippen LogP) is 2.73. The molecule has 0 fully saturated rings. The van der Waals surface area contributed by atoms with Crippen LogP contribution in [0.3, 0.4) is 0 Å². The van der Waals surface area contributed by atoms with Gasteiger partial charge in [0, 0.05) is 16.8 Å². The number of hydrogen-bond donors (Lipinski definition) is 2. The Morgan fingerprint density at radius 3 is 2.81 bits per heavy atom. The van der Waals surface area contributed by atoms with Gasteiger partial charge in [0.25, 0.3) is 5.91 Å². The van der Waals surface area contributed by atoms with E-state index in [1.54, 1.807) is 37.3 Å². The summed E-state index contributed by atoms with van der Waals surface area (Å²) in [6, 6.07) is 11.1. The van der Waals surface area contributed by atoms with Gasteiger partial charge in [-0.2, -0.15) is 0 Å². The number of halogens is 1. The van der Waals surface area contributed by atoms with Crippen molar-refractivity contribution in [1.82, 2.24) is 0 Å². The van der Waals surface area contributed by atoms with Crippen molar-refractivity contribution in [3.8, 4) is 11.8 Å². The number of amides is 1. The Morgan fingerprint density at radius 1 is 1.29 bits per heavy atom. The molecule has 4 heteroatoms. The minimum absolute atomic E-state index is 0.223. The molecule has 0 aliphatic carbocycles. The lowest BCUT2D eigenvalue weighted by Crippen LogP contribution is -2.12. The Hall–Kier alpha value is -2.64. The summed E-state index contributed by atoms with van der Waals surface area (Å²) in [7, 11) is 0. The maximum Gasteiger partial charge on any atom is 0.255 e. The van der Waals surface area contributed by atoms with Gasteiger partial charge in [0.2, 0.25) is 0 Å². The summed E-state index contributed by atoms with van der Waals surface area (Å²) < 4.78 is 13.3. The molecule has 0 atom stereocenters. The SMILES string of the molecule is Cc1cc(F)cc(C(=O)Nc2cccc(C#CCO)c2)c1. The minimum atomic E-state index is -0.442. The molecule has 0 spiro atoms. The molecule has 0 aliphatic heterocycles. The summed E-state index contributed by atoms with van der Waals surface area (Å²) in [5, 5.41) is 11.4. The normalized spacial score (nSPS) is 9.67. The van der Waals surface area contributed by atoms with Gasteiger partial charge in [0.1, 0.15) is 12.4 Å². The molecule has 0 radical (unpaired) electrons. The molecule has 2 aromatic carbocycles. The number of nitrogens with one attached hydrogen (secondary N) is 1. The number of aryl methyl sites for hydroxylation is 1. The number of anilines is 1. The smallest absolute Gasteiger partial charge is 0.255 e. The van der Waals surface area contributed by atoms with Gasteiger partial charge in [-0.25, -0.2) is 4.39 Å². The largest absolute Gasteiger partial charge is 0.384 e. The first-order chi connectivity index (χ1) is 10.1. The Labute approximate surface area is 122 Å². The van der Waals surface area contributed by atoms with E-state index >= 15 is 0 Å². The summed E-state index contributed by atoms with van der Waals surface area (Å²) in [6.45, 7) is 1.50. The molecule has 0 bridgehead atoms. The number of aliphatic hydroxyl groups excluding tert-OH is 1. The molecular formula is C17H14FNO2. The molecule has 106 valence electrons. The molecule has 3 nitrogen and oxygen atoms in total. The zero-order valence-corrected chi connectivity index (χ0v) is 11.5. The third-order valence-electron chi connectivity index (χ3n) is 2.74. The standard InChI is InChI=1S/C17H14FNO2/c1-12-8-14(11-15(18)9-12)17(21)19-16-6-2-4-13(10-16)5-3-7-20/h2,4,6,8-11,20H,7H2,1H3,(H,19,21). The van der Waals surface area contributed by atoms with Crippen LogP contribution in [-0.4, -0.2) is 17.6 Å². The highest BCUT2D eigenvalue weighted by Gasteiger charge is 2.08. The fourth-order valence-electron chi connectivity index (χ4n) is 1.89. The third kappa shape index (κ3) is 4.16. The minimum Gasteiger partial charge on any atom is -0.384 e. The lowest BCUT2D eigenvalue weighted by atomic mass is 10.1. The summed E-state index contributed by atoms with van der Waals surface area (Å²) in [6.07, 6.45) is 0. The monoisotopic (exact) mass is 283 g/mol. The fourth-order valence-corrected chi connectivity index (χ4v) is 1.89. The van der Waals surface area contributed by atoms with Gasteiger partial charge >= 0.3 is 0 Å². The molecule has 0 aromatic heterocycles. The van der Waals surface area contributed by atoms with Crippen LogP contribution in [0.5, 0.6) is 0 Å². The van der Waals surface area contributed by atoms with Crippen molar-refractivity contribution in [3.05, 3.63) is 65.0 Å². The molecule has 21 heavy (non-hydrogen) atoms. The fraction of sp³-hybridized carbons (Fsp3) is 0.118. The lowest BCUT2D eigenvalue weighted by Gasteiger charge is -2.06. The van der Waals surface area contributed by atoms with Crippen LogP contribution in [0.25, 0.3) is 0 Å². The Bertz CT molecular complexity index is 709. The van der Waals surface area contributed by atoms with Crippen molar-refractivity contribution in [3.63, 3.8) is 0 Å². The Balaban J connectivity index is 2.19. The summed E-state index contributed by atoms with van der Waals surface area (Å²) in [5.74, 6) is 4.46. The number of aliphatic hydroxyl groups is 1. The first-order valence-electron chi connectivity index (χ1n) is 6.37. The average Bonchev–Trinajstić information content (AvgIpc) is 2.44. The van der Waals surface area contributed by atoms with Crippen molar-refractivity contribution in [2.24, 2.45) is 0 Å². The van der Waals surface area contributed by atoms with Crippen LogP contribution >= 0.6 is 0 Å². The summed E-state index contributed by atoms with van der Waals surface area (Å²) in [5.41, 5.74) is 2.19. The van der Waals surface area contributed by atoms with E-state index < -0.39 is 5.82 Å². The van der Waals surface area contributed by atoms with Gasteiger partial charge in [-0.3, -0.25) is 4.79 Å². The van der Waals surface area contributed by atoms with Gasteiger partial charge in [0.05, 0.1) is 0 Å². The van der Waals surface area contributed by atoms with Gasteiger partial charge in [0.15, 0.2) is 0 Å². The van der Waals surface area contributed by atoms with Gasteiger partial charge < -0.3 is 10.4 Å². The second-order valence-electron chi connectivity index (χ2n) is 4.51.